The molecule has 7 heteroatoms. The predicted molar refractivity (Wildman–Crippen MR) is 162 cm³/mol. The van der Waals surface area contributed by atoms with E-state index < -0.39 is 0 Å². The van der Waals surface area contributed by atoms with Gasteiger partial charge in [-0.05, 0) is 111 Å². The molecular weight excluding hydrogens is 512 g/mol. The van der Waals surface area contributed by atoms with Crippen LogP contribution >= 0.6 is 0 Å². The number of likely N-dealkylation sites (tertiary alicyclic amines) is 1. The highest BCUT2D eigenvalue weighted by molar-refractivity contribution is 6.02. The van der Waals surface area contributed by atoms with Crippen molar-refractivity contribution in [2.75, 3.05) is 32.8 Å². The number of aromatic nitrogens is 2. The van der Waals surface area contributed by atoms with E-state index in [0.717, 1.165) is 84.2 Å². The molecule has 2 atom stereocenters. The summed E-state index contributed by atoms with van der Waals surface area (Å²) in [4.78, 5) is 15.5. The van der Waals surface area contributed by atoms with Crippen LogP contribution in [-0.2, 0) is 4.74 Å². The second-order valence-electron chi connectivity index (χ2n) is 12.0. The molecule has 3 aromatic carbocycles. The number of rotatable bonds is 9. The van der Waals surface area contributed by atoms with Gasteiger partial charge in [0.05, 0.1) is 5.52 Å². The first-order chi connectivity index (χ1) is 20.2. The predicted octanol–water partition coefficient (Wildman–Crippen LogP) is 6.56. The average Bonchev–Trinajstić information content (AvgIpc) is 3.61. The minimum atomic E-state index is -0.0850. The van der Waals surface area contributed by atoms with Crippen LogP contribution in [0.4, 0.5) is 0 Å². The van der Waals surface area contributed by atoms with Crippen LogP contribution in [0.1, 0.15) is 68.5 Å². The third kappa shape index (κ3) is 5.57. The number of ether oxygens (including phenoxy) is 2. The molecule has 0 bridgehead atoms. The Balaban J connectivity index is 1.19. The lowest BCUT2D eigenvalue weighted by atomic mass is 10.0. The lowest BCUT2D eigenvalue weighted by Gasteiger charge is -2.23. The molecule has 1 aromatic heterocycles. The number of fused-ring (bicyclic) bond motifs is 2. The zero-order valence-corrected chi connectivity index (χ0v) is 24.0. The maximum absolute atomic E-state index is 13.0. The molecule has 4 aromatic rings. The molecule has 41 heavy (non-hydrogen) atoms. The van der Waals surface area contributed by atoms with Gasteiger partial charge in [0.25, 0.3) is 5.91 Å². The molecule has 7 nitrogen and oxygen atoms in total. The van der Waals surface area contributed by atoms with E-state index in [1.54, 1.807) is 0 Å². The van der Waals surface area contributed by atoms with E-state index in [4.69, 9.17) is 14.6 Å². The van der Waals surface area contributed by atoms with Gasteiger partial charge in [-0.1, -0.05) is 25.1 Å². The van der Waals surface area contributed by atoms with Crippen molar-refractivity contribution in [3.05, 3.63) is 60.2 Å². The van der Waals surface area contributed by atoms with Crippen molar-refractivity contribution < 1.29 is 14.3 Å². The van der Waals surface area contributed by atoms with Gasteiger partial charge >= 0.3 is 0 Å². The Bertz CT molecular complexity index is 1550. The van der Waals surface area contributed by atoms with Crippen LogP contribution in [0.2, 0.25) is 0 Å². The second-order valence-corrected chi connectivity index (χ2v) is 12.0. The number of amides is 1. The van der Waals surface area contributed by atoms with Crippen molar-refractivity contribution in [1.29, 1.82) is 0 Å². The van der Waals surface area contributed by atoms with E-state index in [1.165, 1.54) is 32.2 Å². The fourth-order valence-electron chi connectivity index (χ4n) is 6.45. The van der Waals surface area contributed by atoms with Gasteiger partial charge in [0.15, 0.2) is 6.23 Å². The van der Waals surface area contributed by atoms with Crippen LogP contribution in [0.25, 0.3) is 32.9 Å². The molecule has 1 unspecified atom stereocenters. The van der Waals surface area contributed by atoms with Crippen LogP contribution in [0.5, 0.6) is 5.75 Å². The number of nitrogens with one attached hydrogen (secondary N) is 1. The van der Waals surface area contributed by atoms with Gasteiger partial charge in [0.2, 0.25) is 0 Å². The van der Waals surface area contributed by atoms with Crippen LogP contribution in [0, 0.1) is 5.92 Å². The monoisotopic (exact) mass is 552 g/mol. The molecule has 1 saturated carbocycles. The Hall–Kier alpha value is -3.42. The van der Waals surface area contributed by atoms with Crippen LogP contribution in [-0.4, -0.2) is 59.5 Å². The summed E-state index contributed by atoms with van der Waals surface area (Å²) in [6.07, 6.45) is 7.96. The smallest absolute Gasteiger partial charge is 0.251 e. The maximum Gasteiger partial charge on any atom is 0.251 e. The summed E-state index contributed by atoms with van der Waals surface area (Å²) < 4.78 is 14.4. The van der Waals surface area contributed by atoms with E-state index in [1.807, 2.05) is 22.9 Å². The molecule has 2 saturated heterocycles. The third-order valence-electron chi connectivity index (χ3n) is 9.08. The first kappa shape index (κ1) is 26.5. The minimum Gasteiger partial charge on any atom is -0.492 e. The zero-order valence-electron chi connectivity index (χ0n) is 24.0. The molecule has 214 valence electrons. The largest absolute Gasteiger partial charge is 0.492 e. The average molecular weight is 553 g/mol. The Morgan fingerprint density at radius 2 is 1.88 bits per heavy atom. The standard InChI is InChI=1S/C34H40N4O3/c1-2-37-16-5-6-28(37)22-41-29-14-12-24-18-26(11-10-25(24)19-29)33-30-20-27(34(39)35-21-23-8-9-23)13-15-31(30)38(36-33)32-7-3-4-17-40-32/h10-15,18-20,23,28,32H,2-9,16-17,21-22H2,1H3,(H,35,39)/t28?,32-/m0/s1. The van der Waals surface area contributed by atoms with Crippen LogP contribution in [0.15, 0.2) is 54.6 Å². The topological polar surface area (TPSA) is 68.6 Å². The number of benzene rings is 3. The van der Waals surface area contributed by atoms with Gasteiger partial charge in [-0.25, -0.2) is 4.68 Å². The van der Waals surface area contributed by atoms with Crippen molar-refractivity contribution in [2.45, 2.75) is 64.1 Å². The summed E-state index contributed by atoms with van der Waals surface area (Å²) in [6.45, 7) is 6.73. The Kier molecular flexibility index (Phi) is 7.40. The van der Waals surface area contributed by atoms with Crippen LogP contribution < -0.4 is 10.1 Å². The first-order valence-electron chi connectivity index (χ1n) is 15.5. The number of hydrogen-bond acceptors (Lipinski definition) is 5. The molecule has 0 spiro atoms. The molecule has 7 rings (SSSR count). The SMILES string of the molecule is CCN1CCCC1COc1ccc2cc(-c3nn([C@@H]4CCCCO4)c4ccc(C(=O)NCC5CC5)cc34)ccc2c1. The first-order valence-corrected chi connectivity index (χ1v) is 15.5. The fourth-order valence-corrected chi connectivity index (χ4v) is 6.45. The summed E-state index contributed by atoms with van der Waals surface area (Å²) in [5.74, 6) is 1.54. The van der Waals surface area contributed by atoms with Crippen molar-refractivity contribution in [3.8, 4) is 17.0 Å². The minimum absolute atomic E-state index is 0.0166. The van der Waals surface area contributed by atoms with Gasteiger partial charge < -0.3 is 14.8 Å². The van der Waals surface area contributed by atoms with Crippen molar-refractivity contribution in [3.63, 3.8) is 0 Å². The summed E-state index contributed by atoms with van der Waals surface area (Å²) in [5, 5.41) is 11.5. The molecule has 3 heterocycles. The quantitative estimate of drug-likeness (QED) is 0.255. The molecule has 1 amide bonds. The summed E-state index contributed by atoms with van der Waals surface area (Å²) in [5.41, 5.74) is 3.59. The normalized spacial score (nSPS) is 21.5. The number of carbonyl (C=O) groups is 1. The van der Waals surface area contributed by atoms with E-state index >= 15 is 0 Å². The number of likely N-dealkylation sites (N-methyl/N-ethyl adjacent to an activating group) is 1. The molecule has 0 radical (unpaired) electrons. The molecule has 1 aliphatic carbocycles. The summed E-state index contributed by atoms with van der Waals surface area (Å²) in [6, 6.07) is 19.3. The van der Waals surface area contributed by atoms with Gasteiger partial charge in [-0.2, -0.15) is 5.10 Å². The second kappa shape index (κ2) is 11.5. The Morgan fingerprint density at radius 1 is 1.00 bits per heavy atom. The van der Waals surface area contributed by atoms with Gasteiger partial charge in [0, 0.05) is 35.7 Å². The van der Waals surface area contributed by atoms with Crippen LogP contribution in [0.3, 0.4) is 0 Å². The molecular formula is C34H40N4O3. The Morgan fingerprint density at radius 3 is 2.71 bits per heavy atom. The summed E-state index contributed by atoms with van der Waals surface area (Å²) >= 11 is 0. The number of carbonyl (C=O) groups excluding carboxylic acids is 1. The highest BCUT2D eigenvalue weighted by Crippen LogP contribution is 2.35. The van der Waals surface area contributed by atoms with Crippen molar-refractivity contribution in [2.24, 2.45) is 5.92 Å². The molecule has 1 N–H and O–H groups in total. The van der Waals surface area contributed by atoms with E-state index in [0.29, 0.717) is 17.5 Å². The lowest BCUT2D eigenvalue weighted by molar-refractivity contribution is -0.0365. The van der Waals surface area contributed by atoms with Gasteiger partial charge in [-0.15, -0.1) is 0 Å². The van der Waals surface area contributed by atoms with Crippen molar-refractivity contribution >= 4 is 27.6 Å². The highest BCUT2D eigenvalue weighted by atomic mass is 16.5. The molecule has 3 fully saturated rings. The summed E-state index contributed by atoms with van der Waals surface area (Å²) in [7, 11) is 0. The molecule has 2 aliphatic heterocycles. The zero-order chi connectivity index (χ0) is 27.8. The van der Waals surface area contributed by atoms with E-state index in [-0.39, 0.29) is 12.1 Å². The third-order valence-corrected chi connectivity index (χ3v) is 9.08. The fraction of sp³-hybridized carbons (Fsp3) is 0.471. The van der Waals surface area contributed by atoms with Gasteiger partial charge in [0.1, 0.15) is 18.1 Å². The van der Waals surface area contributed by atoms with Gasteiger partial charge in [-0.3, -0.25) is 9.69 Å². The maximum atomic E-state index is 13.0. The van der Waals surface area contributed by atoms with E-state index in [9.17, 15) is 4.79 Å². The van der Waals surface area contributed by atoms with E-state index in [2.05, 4.69) is 53.5 Å². The number of nitrogens with zero attached hydrogens (tertiary/aromatic N) is 3. The highest BCUT2D eigenvalue weighted by Gasteiger charge is 2.25. The lowest BCUT2D eigenvalue weighted by Crippen LogP contribution is -2.33. The number of hydrogen-bond donors (Lipinski definition) is 1. The molecule has 3 aliphatic rings. The Labute approximate surface area is 241 Å². The van der Waals surface area contributed by atoms with Crippen molar-refractivity contribution in [1.82, 2.24) is 20.0 Å².